The van der Waals surface area contributed by atoms with Gasteiger partial charge in [-0.1, -0.05) is 121 Å². The Kier molecular flexibility index (Phi) is 10.3. The first-order valence-corrected chi connectivity index (χ1v) is 13.6. The van der Waals surface area contributed by atoms with Crippen LogP contribution in [0.5, 0.6) is 0 Å². The molecule has 0 spiro atoms. The molecule has 0 amide bonds. The predicted octanol–water partition coefficient (Wildman–Crippen LogP) is 5.87. The van der Waals surface area contributed by atoms with Crippen molar-refractivity contribution in [2.24, 2.45) is 0 Å². The highest BCUT2D eigenvalue weighted by atomic mass is 16.6. The number of ether oxygens (including phenoxy) is 5. The van der Waals surface area contributed by atoms with Crippen LogP contribution in [-0.2, 0) is 45.4 Å². The molecule has 0 aliphatic carbocycles. The van der Waals surface area contributed by atoms with Crippen LogP contribution in [-0.4, -0.2) is 42.4 Å². The number of benzene rings is 4. The van der Waals surface area contributed by atoms with Gasteiger partial charge in [-0.2, -0.15) is 0 Å². The Morgan fingerprint density at radius 1 is 0.487 bits per heavy atom. The van der Waals surface area contributed by atoms with Crippen molar-refractivity contribution in [2.45, 2.75) is 50.8 Å². The molecule has 1 saturated heterocycles. The zero-order valence-electron chi connectivity index (χ0n) is 22.2. The SMILES string of the molecule is c1ccc(COCC2[OH+]CC(OCc3ccccc3)[C@H](OCc3ccccc3)[C@@H]2OCc2ccccc2)cc1. The maximum absolute atomic E-state index is 6.60. The van der Waals surface area contributed by atoms with Crippen molar-refractivity contribution in [3.05, 3.63) is 144 Å². The Bertz CT molecular complexity index is 1200. The Balaban J connectivity index is 1.32. The van der Waals surface area contributed by atoms with Crippen LogP contribution in [0.4, 0.5) is 0 Å². The van der Waals surface area contributed by atoms with Crippen molar-refractivity contribution < 1.29 is 23.7 Å². The first-order valence-electron chi connectivity index (χ1n) is 13.6. The molecule has 0 bridgehead atoms. The van der Waals surface area contributed by atoms with E-state index < -0.39 is 0 Å². The summed E-state index contributed by atoms with van der Waals surface area (Å²) in [7, 11) is 0. The Labute approximate surface area is 231 Å². The summed E-state index contributed by atoms with van der Waals surface area (Å²) < 4.78 is 30.8. The van der Waals surface area contributed by atoms with Gasteiger partial charge in [0.25, 0.3) is 0 Å². The smallest absolute Gasteiger partial charge is 0.207 e. The van der Waals surface area contributed by atoms with E-state index in [9.17, 15) is 0 Å². The van der Waals surface area contributed by atoms with Gasteiger partial charge >= 0.3 is 0 Å². The lowest BCUT2D eigenvalue weighted by Gasteiger charge is -2.39. The summed E-state index contributed by atoms with van der Waals surface area (Å²) in [6.07, 6.45) is -1.03. The van der Waals surface area contributed by atoms with Gasteiger partial charge in [0.15, 0.2) is 18.8 Å². The average Bonchev–Trinajstić information content (AvgIpc) is 3.00. The van der Waals surface area contributed by atoms with E-state index in [4.69, 9.17) is 23.7 Å². The van der Waals surface area contributed by atoms with Crippen LogP contribution in [0, 0.1) is 0 Å². The highest BCUT2D eigenvalue weighted by Crippen LogP contribution is 2.26. The van der Waals surface area contributed by atoms with Crippen molar-refractivity contribution in [2.75, 3.05) is 13.2 Å². The quantitative estimate of drug-likeness (QED) is 0.205. The summed E-state index contributed by atoms with van der Waals surface area (Å²) in [4.78, 5) is 0. The molecule has 0 aromatic heterocycles. The average molecular weight is 526 g/mol. The molecular weight excluding hydrogens is 488 g/mol. The lowest BCUT2D eigenvalue weighted by molar-refractivity contribution is -0.297. The van der Waals surface area contributed by atoms with Crippen LogP contribution in [0.3, 0.4) is 0 Å². The molecule has 1 aliphatic rings. The fourth-order valence-electron chi connectivity index (χ4n) is 4.76. The Hall–Kier alpha value is -3.32. The molecule has 1 N–H and O–H groups in total. The lowest BCUT2D eigenvalue weighted by Crippen LogP contribution is -2.58. The van der Waals surface area contributed by atoms with Gasteiger partial charge in [0.05, 0.1) is 26.4 Å². The van der Waals surface area contributed by atoms with Crippen molar-refractivity contribution in [3.63, 3.8) is 0 Å². The van der Waals surface area contributed by atoms with Crippen LogP contribution in [0.25, 0.3) is 0 Å². The Morgan fingerprint density at radius 2 is 0.897 bits per heavy atom. The summed E-state index contributed by atoms with van der Waals surface area (Å²) in [5.74, 6) is 0. The number of hydrogen-bond donors (Lipinski definition) is 0. The molecule has 202 valence electrons. The summed E-state index contributed by atoms with van der Waals surface area (Å²) >= 11 is 0. The minimum absolute atomic E-state index is 0.172. The molecule has 0 radical (unpaired) electrons. The second-order valence-corrected chi connectivity index (χ2v) is 9.79. The second-order valence-electron chi connectivity index (χ2n) is 9.79. The monoisotopic (exact) mass is 525 g/mol. The molecule has 4 aromatic rings. The molecule has 0 saturated carbocycles. The van der Waals surface area contributed by atoms with Crippen LogP contribution in [0.1, 0.15) is 22.3 Å². The number of aliphatic hydroxyl groups is 2. The van der Waals surface area contributed by atoms with Crippen LogP contribution >= 0.6 is 0 Å². The largest absolute Gasteiger partial charge is 0.426 e. The lowest BCUT2D eigenvalue weighted by atomic mass is 9.99. The summed E-state index contributed by atoms with van der Waals surface area (Å²) in [6.45, 7) is 2.93. The van der Waals surface area contributed by atoms with Gasteiger partial charge in [-0.25, -0.2) is 0 Å². The van der Waals surface area contributed by atoms with Crippen LogP contribution in [0.15, 0.2) is 121 Å². The topological polar surface area (TPSA) is 49.7 Å². The van der Waals surface area contributed by atoms with Crippen molar-refractivity contribution >= 4 is 0 Å². The molecule has 39 heavy (non-hydrogen) atoms. The van der Waals surface area contributed by atoms with E-state index in [-0.39, 0.29) is 24.4 Å². The third-order valence-electron chi connectivity index (χ3n) is 6.87. The third kappa shape index (κ3) is 8.33. The second kappa shape index (κ2) is 14.7. The number of hydrogen-bond acceptors (Lipinski definition) is 4. The summed E-state index contributed by atoms with van der Waals surface area (Å²) in [5, 5.41) is 0. The van der Waals surface area contributed by atoms with E-state index in [1.807, 2.05) is 72.8 Å². The maximum Gasteiger partial charge on any atom is 0.207 e. The van der Waals surface area contributed by atoms with Crippen molar-refractivity contribution in [1.82, 2.24) is 0 Å². The first-order chi connectivity index (χ1) is 19.3. The van der Waals surface area contributed by atoms with Gasteiger partial charge in [-0.15, -0.1) is 0 Å². The molecule has 5 rings (SSSR count). The highest BCUT2D eigenvalue weighted by Gasteiger charge is 2.47. The van der Waals surface area contributed by atoms with Gasteiger partial charge < -0.3 is 23.7 Å². The zero-order valence-corrected chi connectivity index (χ0v) is 22.2. The van der Waals surface area contributed by atoms with E-state index in [0.717, 1.165) is 22.3 Å². The third-order valence-corrected chi connectivity index (χ3v) is 6.87. The van der Waals surface area contributed by atoms with E-state index >= 15 is 0 Å². The van der Waals surface area contributed by atoms with Crippen molar-refractivity contribution in [3.8, 4) is 0 Å². The molecule has 1 fully saturated rings. The molecule has 5 nitrogen and oxygen atoms in total. The maximum atomic E-state index is 6.60. The fourth-order valence-corrected chi connectivity index (χ4v) is 4.76. The highest BCUT2D eigenvalue weighted by molar-refractivity contribution is 5.16. The molecule has 1 heterocycles. The molecular formula is C34H37O5+. The minimum atomic E-state index is -0.320. The predicted molar refractivity (Wildman–Crippen MR) is 152 cm³/mol. The summed E-state index contributed by atoms with van der Waals surface area (Å²) in [5.41, 5.74) is 4.47. The van der Waals surface area contributed by atoms with E-state index in [1.165, 1.54) is 0 Å². The first kappa shape index (κ1) is 27.3. The van der Waals surface area contributed by atoms with Gasteiger partial charge in [0.1, 0.15) is 12.7 Å². The standard InChI is InChI=1S/C34H36O5/c1-5-13-27(14-6-1)21-35-25-31-33(38-23-29-17-9-3-10-18-29)34(39-24-30-19-11-4-12-20-30)32(26-37-31)36-22-28-15-7-2-8-16-28/h1-20,31-34H,21-26H2/p+1/t31?,32?,33-,34+/m1/s1. The number of rotatable bonds is 13. The van der Waals surface area contributed by atoms with Crippen LogP contribution in [0.2, 0.25) is 0 Å². The minimum Gasteiger partial charge on any atom is -0.426 e. The molecule has 1 aliphatic heterocycles. The molecule has 4 atom stereocenters. The molecule has 5 heteroatoms. The normalized spacial score (nSPS) is 21.0. The van der Waals surface area contributed by atoms with Gasteiger partial charge in [-0.05, 0) is 22.3 Å². The van der Waals surface area contributed by atoms with E-state index in [2.05, 4.69) is 48.5 Å². The van der Waals surface area contributed by atoms with E-state index in [0.29, 0.717) is 39.6 Å². The van der Waals surface area contributed by atoms with E-state index in [1.54, 1.807) is 0 Å². The zero-order chi connectivity index (χ0) is 26.5. The van der Waals surface area contributed by atoms with Gasteiger partial charge in [0, 0.05) is 0 Å². The van der Waals surface area contributed by atoms with Crippen molar-refractivity contribution in [1.29, 1.82) is 0 Å². The summed E-state index contributed by atoms with van der Waals surface area (Å²) in [6, 6.07) is 40.9. The van der Waals surface area contributed by atoms with Gasteiger partial charge in [-0.3, -0.25) is 0 Å². The molecule has 2 unspecified atom stereocenters. The fraction of sp³-hybridized carbons (Fsp3) is 0.294. The molecule has 4 aromatic carbocycles. The van der Waals surface area contributed by atoms with Gasteiger partial charge in [0.2, 0.25) is 6.10 Å². The Morgan fingerprint density at radius 3 is 1.38 bits per heavy atom. The van der Waals surface area contributed by atoms with Crippen LogP contribution < -0.4 is 0 Å².